The molecule has 0 aromatic heterocycles. The van der Waals surface area contributed by atoms with Crippen molar-refractivity contribution in [2.75, 3.05) is 4.90 Å². The lowest BCUT2D eigenvalue weighted by Crippen LogP contribution is -2.36. The maximum atomic E-state index is 2.76. The van der Waals surface area contributed by atoms with E-state index in [2.05, 4.69) is 101 Å². The molecule has 0 fully saturated rings. The Hall–Kier alpha value is -3.78. The number of hydrogen-bond donors (Lipinski definition) is 0. The molecule has 2 heteroatoms. The second kappa shape index (κ2) is 11.0. The van der Waals surface area contributed by atoms with Crippen molar-refractivity contribution >= 4 is 11.3 Å². The molecule has 9 rings (SSSR count). The molecule has 0 saturated heterocycles. The average Bonchev–Trinajstić information content (AvgIpc) is 3.61. The van der Waals surface area contributed by atoms with Crippen molar-refractivity contribution in [2.24, 2.45) is 5.92 Å². The van der Waals surface area contributed by atoms with Crippen LogP contribution >= 0.6 is 0 Å². The molecular formula is C42H44N2. The van der Waals surface area contributed by atoms with Gasteiger partial charge >= 0.3 is 0 Å². The summed E-state index contributed by atoms with van der Waals surface area (Å²) in [6, 6.07) is 10.5. The van der Waals surface area contributed by atoms with Crippen molar-refractivity contribution in [3.8, 4) is 0 Å². The second-order valence-electron chi connectivity index (χ2n) is 13.9. The van der Waals surface area contributed by atoms with Gasteiger partial charge in [-0.1, -0.05) is 66.8 Å². The van der Waals surface area contributed by atoms with E-state index in [0.29, 0.717) is 18.0 Å². The third kappa shape index (κ3) is 4.36. The summed E-state index contributed by atoms with van der Waals surface area (Å²) in [6.45, 7) is 0. The van der Waals surface area contributed by atoms with Crippen LogP contribution in [0.15, 0.2) is 136 Å². The molecule has 222 valence electrons. The number of fused-ring (bicyclic) bond motifs is 4. The highest BCUT2D eigenvalue weighted by Gasteiger charge is 2.43. The van der Waals surface area contributed by atoms with Gasteiger partial charge in [0.25, 0.3) is 0 Å². The van der Waals surface area contributed by atoms with Crippen molar-refractivity contribution in [3.05, 3.63) is 142 Å². The van der Waals surface area contributed by atoms with E-state index < -0.39 is 0 Å². The Morgan fingerprint density at radius 2 is 1.66 bits per heavy atom. The topological polar surface area (TPSA) is 6.48 Å². The fourth-order valence-corrected chi connectivity index (χ4v) is 9.39. The van der Waals surface area contributed by atoms with Gasteiger partial charge in [-0.15, -0.1) is 0 Å². The molecule has 2 heterocycles. The van der Waals surface area contributed by atoms with Gasteiger partial charge in [0, 0.05) is 34.7 Å². The van der Waals surface area contributed by atoms with Crippen molar-refractivity contribution in [3.63, 3.8) is 0 Å². The van der Waals surface area contributed by atoms with Crippen LogP contribution in [0.3, 0.4) is 0 Å². The Balaban J connectivity index is 1.04. The summed E-state index contributed by atoms with van der Waals surface area (Å²) in [7, 11) is 0. The fraction of sp³-hybridized carbons (Fsp3) is 0.381. The number of hydrogen-bond acceptors (Lipinski definition) is 2. The maximum absolute atomic E-state index is 2.76. The van der Waals surface area contributed by atoms with Crippen molar-refractivity contribution in [1.29, 1.82) is 0 Å². The molecule has 3 atom stereocenters. The molecule has 6 aliphatic carbocycles. The molecular weight excluding hydrogens is 532 g/mol. The Morgan fingerprint density at radius 3 is 2.55 bits per heavy atom. The van der Waals surface area contributed by atoms with Crippen LogP contribution in [-0.4, -0.2) is 17.0 Å². The summed E-state index contributed by atoms with van der Waals surface area (Å²) < 4.78 is 0. The highest BCUT2D eigenvalue weighted by molar-refractivity contribution is 5.72. The first kappa shape index (κ1) is 26.6. The van der Waals surface area contributed by atoms with Crippen LogP contribution in [-0.2, 0) is 0 Å². The highest BCUT2D eigenvalue weighted by Crippen LogP contribution is 2.51. The van der Waals surface area contributed by atoms with E-state index >= 15 is 0 Å². The molecule has 2 nitrogen and oxygen atoms in total. The number of allylic oxidation sites excluding steroid dienone is 15. The Bertz CT molecular complexity index is 1710. The average molecular weight is 577 g/mol. The van der Waals surface area contributed by atoms with E-state index in [1.807, 2.05) is 0 Å². The molecule has 1 aromatic carbocycles. The lowest BCUT2D eigenvalue weighted by atomic mass is 9.78. The summed E-state index contributed by atoms with van der Waals surface area (Å²) in [6.07, 6.45) is 42.6. The van der Waals surface area contributed by atoms with Crippen LogP contribution in [0.25, 0.3) is 5.57 Å². The fourth-order valence-electron chi connectivity index (χ4n) is 9.39. The van der Waals surface area contributed by atoms with Gasteiger partial charge in [0.2, 0.25) is 0 Å². The number of nitrogens with zero attached hydrogens (tertiary/aromatic N) is 2. The van der Waals surface area contributed by atoms with Crippen molar-refractivity contribution < 1.29 is 0 Å². The minimum atomic E-state index is 0.463. The SMILES string of the molecule is C1=CCCC(N2C3=C(C=CCC3)C3=CC(C4=CC5C6=C(CCC=C6)N(c6cccc(C7=CCCCC7)c6)C5CC4)=CCC32)=C1. The molecule has 0 N–H and O–H groups in total. The van der Waals surface area contributed by atoms with E-state index in [1.165, 1.54) is 66.6 Å². The predicted octanol–water partition coefficient (Wildman–Crippen LogP) is 10.6. The minimum absolute atomic E-state index is 0.463. The molecule has 0 spiro atoms. The van der Waals surface area contributed by atoms with E-state index in [1.54, 1.807) is 33.7 Å². The van der Waals surface area contributed by atoms with Crippen LogP contribution in [0.2, 0.25) is 0 Å². The van der Waals surface area contributed by atoms with Crippen LogP contribution in [0, 0.1) is 5.92 Å². The molecule has 0 amide bonds. The maximum Gasteiger partial charge on any atom is 0.0626 e. The molecule has 8 aliphatic rings. The zero-order valence-corrected chi connectivity index (χ0v) is 26.0. The third-order valence-electron chi connectivity index (χ3n) is 11.4. The lowest BCUT2D eigenvalue weighted by molar-refractivity contribution is 0.349. The smallest absolute Gasteiger partial charge is 0.0626 e. The van der Waals surface area contributed by atoms with Gasteiger partial charge in [-0.05, 0) is 147 Å². The molecule has 1 aromatic rings. The number of anilines is 1. The normalized spacial score (nSPS) is 29.0. The summed E-state index contributed by atoms with van der Waals surface area (Å²) in [5.74, 6) is 0.475. The van der Waals surface area contributed by atoms with Crippen LogP contribution in [0.4, 0.5) is 5.69 Å². The van der Waals surface area contributed by atoms with E-state index in [4.69, 9.17) is 0 Å². The number of rotatable bonds is 4. The Labute approximate surface area is 263 Å². The van der Waals surface area contributed by atoms with Gasteiger partial charge in [-0.3, -0.25) is 0 Å². The van der Waals surface area contributed by atoms with Gasteiger partial charge in [-0.25, -0.2) is 0 Å². The predicted molar refractivity (Wildman–Crippen MR) is 184 cm³/mol. The van der Waals surface area contributed by atoms with E-state index in [0.717, 1.165) is 44.9 Å². The Morgan fingerprint density at radius 1 is 0.750 bits per heavy atom. The molecule has 0 radical (unpaired) electrons. The van der Waals surface area contributed by atoms with Crippen molar-refractivity contribution in [1.82, 2.24) is 4.90 Å². The van der Waals surface area contributed by atoms with E-state index in [9.17, 15) is 0 Å². The van der Waals surface area contributed by atoms with Gasteiger partial charge in [0.05, 0.1) is 6.04 Å². The minimum Gasteiger partial charge on any atom is -0.341 e. The summed E-state index contributed by atoms with van der Waals surface area (Å²) >= 11 is 0. The van der Waals surface area contributed by atoms with E-state index in [-0.39, 0.29) is 0 Å². The molecule has 44 heavy (non-hydrogen) atoms. The summed E-state index contributed by atoms with van der Waals surface area (Å²) in [4.78, 5) is 5.49. The molecule has 0 bridgehead atoms. The zero-order valence-electron chi connectivity index (χ0n) is 26.0. The first-order valence-corrected chi connectivity index (χ1v) is 17.5. The van der Waals surface area contributed by atoms with Gasteiger partial charge < -0.3 is 9.80 Å². The largest absolute Gasteiger partial charge is 0.341 e. The van der Waals surface area contributed by atoms with Crippen molar-refractivity contribution in [2.45, 2.75) is 95.6 Å². The first-order valence-electron chi connectivity index (χ1n) is 17.5. The summed E-state index contributed by atoms with van der Waals surface area (Å²) in [5, 5.41) is 0. The molecule has 3 unspecified atom stereocenters. The monoisotopic (exact) mass is 576 g/mol. The molecule has 0 saturated carbocycles. The van der Waals surface area contributed by atoms with Gasteiger partial charge in [0.1, 0.15) is 0 Å². The summed E-state index contributed by atoms with van der Waals surface area (Å²) in [5.41, 5.74) is 16.8. The highest BCUT2D eigenvalue weighted by atomic mass is 15.2. The Kier molecular flexibility index (Phi) is 6.64. The standard InChI is InChI=1S/C42H44N2/c1-3-12-29(13-4-1)30-14-11-17-34(26-30)44-40-21-10-8-19-36(40)38-28-32(23-25-42(38)44)31-22-24-41-37(27-31)35-18-7-9-20-39(35)43(41)33-15-5-2-6-16-33/h2,5,7-8,11-12,14-15,17-19,22,26-28,38,41-42H,1,3-4,6,9-10,13,16,20-21,23-25H2. The second-order valence-corrected chi connectivity index (χ2v) is 13.9. The molecule has 2 aliphatic heterocycles. The zero-order chi connectivity index (χ0) is 29.0. The quantitative estimate of drug-likeness (QED) is 0.352. The lowest BCUT2D eigenvalue weighted by Gasteiger charge is -2.36. The van der Waals surface area contributed by atoms with Crippen LogP contribution < -0.4 is 4.90 Å². The van der Waals surface area contributed by atoms with Gasteiger partial charge in [-0.2, -0.15) is 0 Å². The number of benzene rings is 1. The third-order valence-corrected chi connectivity index (χ3v) is 11.4. The first-order chi connectivity index (χ1) is 21.8. The van der Waals surface area contributed by atoms with Crippen LogP contribution in [0.1, 0.15) is 89.0 Å². The van der Waals surface area contributed by atoms with Crippen LogP contribution in [0.5, 0.6) is 0 Å². The van der Waals surface area contributed by atoms with Gasteiger partial charge in [0.15, 0.2) is 0 Å².